The molecular weight excluding hydrogens is 360 g/mol. The molecule has 4 aromatic rings. The highest BCUT2D eigenvalue weighted by Gasteiger charge is 2.13. The predicted octanol–water partition coefficient (Wildman–Crippen LogP) is 4.70. The van der Waals surface area contributed by atoms with Gasteiger partial charge in [-0.15, -0.1) is 0 Å². The number of nitrogens with zero attached hydrogens (tertiary/aromatic N) is 4. The minimum atomic E-state index is -3.86. The Bertz CT molecular complexity index is 1230. The molecule has 0 fully saturated rings. The molecule has 2 aromatic carbocycles. The van der Waals surface area contributed by atoms with Crippen LogP contribution in [0.4, 0.5) is 5.82 Å². The number of aromatic nitrogens is 3. The van der Waals surface area contributed by atoms with Gasteiger partial charge in [0.2, 0.25) is 10.0 Å². The minimum Gasteiger partial charge on any atom is -0.372 e. The van der Waals surface area contributed by atoms with Crippen LogP contribution in [0.5, 0.6) is 0 Å². The lowest BCUT2D eigenvalue weighted by Crippen LogP contribution is -2.01. The number of pyridine rings is 1. The van der Waals surface area contributed by atoms with Crippen molar-refractivity contribution in [2.45, 2.75) is 31.7 Å². The molecule has 7 heteroatoms. The fourth-order valence-corrected chi connectivity index (χ4v) is 3.94. The molecule has 4 rings (SSSR count). The molecule has 0 radical (unpaired) electrons. The van der Waals surface area contributed by atoms with E-state index in [-0.39, 0.29) is 10.7 Å². The number of para-hydroxylation sites is 1. The van der Waals surface area contributed by atoms with E-state index in [1.807, 2.05) is 44.2 Å². The molecule has 138 valence electrons. The van der Waals surface area contributed by atoms with Crippen LogP contribution in [0.1, 0.15) is 18.9 Å². The third kappa shape index (κ3) is 3.26. The van der Waals surface area contributed by atoms with Crippen molar-refractivity contribution in [1.82, 2.24) is 14.8 Å². The molecule has 0 bridgehead atoms. The number of aryl methyl sites for hydroxylation is 2. The predicted molar refractivity (Wildman–Crippen MR) is 107 cm³/mol. The maximum absolute atomic E-state index is 12.8. The molecular formula is C20H19N4O2S-. The number of fused-ring (bicyclic) bond motifs is 2. The number of benzene rings is 2. The van der Waals surface area contributed by atoms with E-state index in [2.05, 4.69) is 14.8 Å². The van der Waals surface area contributed by atoms with E-state index in [4.69, 9.17) is 0 Å². The summed E-state index contributed by atoms with van der Waals surface area (Å²) in [5, 5.41) is 6.00. The zero-order chi connectivity index (χ0) is 19.0. The Morgan fingerprint density at radius 3 is 2.56 bits per heavy atom. The average molecular weight is 379 g/mol. The lowest BCUT2D eigenvalue weighted by Gasteiger charge is -2.14. The fourth-order valence-electron chi connectivity index (χ4n) is 2.99. The summed E-state index contributed by atoms with van der Waals surface area (Å²) in [6.07, 6.45) is 0.857. The molecule has 6 nitrogen and oxygen atoms in total. The molecule has 0 spiro atoms. The second-order valence-electron chi connectivity index (χ2n) is 6.48. The standard InChI is InChI=1S/C20H19N4O2S/c1-3-12-24-20-17(13-15-6-4-5-7-18(15)21-20)19(22-24)23-27(25,26)16-10-8-14(2)9-11-16/h4-11,13H,3,12H2,1-2H3/q-1. The summed E-state index contributed by atoms with van der Waals surface area (Å²) in [6.45, 7) is 4.58. The van der Waals surface area contributed by atoms with Crippen LogP contribution >= 0.6 is 0 Å². The van der Waals surface area contributed by atoms with Crippen LogP contribution in [0.15, 0.2) is 59.5 Å². The Kier molecular flexibility index (Phi) is 4.31. The van der Waals surface area contributed by atoms with Crippen molar-refractivity contribution in [2.24, 2.45) is 0 Å². The zero-order valence-corrected chi connectivity index (χ0v) is 15.9. The van der Waals surface area contributed by atoms with E-state index >= 15 is 0 Å². The van der Waals surface area contributed by atoms with Gasteiger partial charge < -0.3 is 14.5 Å². The quantitative estimate of drug-likeness (QED) is 0.503. The summed E-state index contributed by atoms with van der Waals surface area (Å²) in [4.78, 5) is 4.83. The lowest BCUT2D eigenvalue weighted by molar-refractivity contribution is 0.602. The third-order valence-corrected chi connectivity index (χ3v) is 5.65. The fraction of sp³-hybridized carbons (Fsp3) is 0.200. The maximum atomic E-state index is 12.8. The van der Waals surface area contributed by atoms with Crippen LogP contribution in [-0.2, 0) is 16.6 Å². The number of hydrogen-bond donors (Lipinski definition) is 0. The highest BCUT2D eigenvalue weighted by molar-refractivity contribution is 7.94. The van der Waals surface area contributed by atoms with E-state index in [9.17, 15) is 8.42 Å². The van der Waals surface area contributed by atoms with Crippen LogP contribution in [0, 0.1) is 6.92 Å². The van der Waals surface area contributed by atoms with Gasteiger partial charge in [0.05, 0.1) is 10.4 Å². The lowest BCUT2D eigenvalue weighted by atomic mass is 10.2. The largest absolute Gasteiger partial charge is 0.372 e. The molecule has 0 saturated heterocycles. The maximum Gasteiger partial charge on any atom is 0.202 e. The van der Waals surface area contributed by atoms with Crippen molar-refractivity contribution >= 4 is 37.8 Å². The second-order valence-corrected chi connectivity index (χ2v) is 8.08. The molecule has 2 heterocycles. The molecule has 0 atom stereocenters. The summed E-state index contributed by atoms with van der Waals surface area (Å²) < 4.78 is 31.3. The monoisotopic (exact) mass is 379 g/mol. The summed E-state index contributed by atoms with van der Waals surface area (Å²) in [5.41, 5.74) is 2.48. The van der Waals surface area contributed by atoms with Crippen molar-refractivity contribution in [3.63, 3.8) is 0 Å². The Hall–Kier alpha value is -2.93. The number of rotatable bonds is 5. The second kappa shape index (κ2) is 6.66. The summed E-state index contributed by atoms with van der Waals surface area (Å²) >= 11 is 0. The van der Waals surface area contributed by atoms with Crippen LogP contribution in [0.2, 0.25) is 0 Å². The van der Waals surface area contributed by atoms with Crippen molar-refractivity contribution < 1.29 is 8.42 Å². The van der Waals surface area contributed by atoms with Gasteiger partial charge in [-0.05, 0) is 43.4 Å². The molecule has 0 unspecified atom stereocenters. The molecule has 0 N–H and O–H groups in total. The van der Waals surface area contributed by atoms with Crippen molar-refractivity contribution in [2.75, 3.05) is 0 Å². The Morgan fingerprint density at radius 2 is 1.81 bits per heavy atom. The molecule has 0 saturated carbocycles. The summed E-state index contributed by atoms with van der Waals surface area (Å²) in [7, 11) is -3.86. The first kappa shape index (κ1) is 17.5. The van der Waals surface area contributed by atoms with Crippen LogP contribution in [0.3, 0.4) is 0 Å². The van der Waals surface area contributed by atoms with Gasteiger partial charge in [0, 0.05) is 17.3 Å². The van der Waals surface area contributed by atoms with E-state index in [1.54, 1.807) is 28.9 Å². The molecule has 0 aliphatic carbocycles. The average Bonchev–Trinajstić information content (AvgIpc) is 2.96. The minimum absolute atomic E-state index is 0.153. The van der Waals surface area contributed by atoms with Crippen LogP contribution in [-0.4, -0.2) is 23.2 Å². The smallest absolute Gasteiger partial charge is 0.202 e. The van der Waals surface area contributed by atoms with Crippen molar-refractivity contribution in [3.8, 4) is 0 Å². The first-order valence-corrected chi connectivity index (χ1v) is 10.2. The highest BCUT2D eigenvalue weighted by atomic mass is 32.2. The van der Waals surface area contributed by atoms with Crippen molar-refractivity contribution in [1.29, 1.82) is 0 Å². The van der Waals surface area contributed by atoms with E-state index < -0.39 is 10.0 Å². The third-order valence-electron chi connectivity index (χ3n) is 4.37. The normalized spacial score (nSPS) is 11.9. The molecule has 2 aromatic heterocycles. The number of sulfonamides is 1. The first-order chi connectivity index (χ1) is 13.0. The highest BCUT2D eigenvalue weighted by Crippen LogP contribution is 2.34. The Balaban J connectivity index is 1.85. The molecule has 27 heavy (non-hydrogen) atoms. The van der Waals surface area contributed by atoms with Crippen LogP contribution in [0.25, 0.3) is 26.7 Å². The Morgan fingerprint density at radius 1 is 1.07 bits per heavy atom. The van der Waals surface area contributed by atoms with E-state index in [0.717, 1.165) is 22.9 Å². The zero-order valence-electron chi connectivity index (χ0n) is 15.1. The van der Waals surface area contributed by atoms with Gasteiger partial charge in [-0.3, -0.25) is 0 Å². The number of hydrogen-bond acceptors (Lipinski definition) is 4. The molecule has 0 aliphatic rings. The van der Waals surface area contributed by atoms with Gasteiger partial charge in [-0.1, -0.05) is 42.8 Å². The van der Waals surface area contributed by atoms with Gasteiger partial charge in [-0.25, -0.2) is 13.4 Å². The van der Waals surface area contributed by atoms with Gasteiger partial charge in [-0.2, -0.15) is 0 Å². The topological polar surface area (TPSA) is 79.0 Å². The SMILES string of the molecule is CCCn1nc([N-]S(=O)(=O)c2ccc(C)cc2)c2cc3ccccc3nc21. The summed E-state index contributed by atoms with van der Waals surface area (Å²) in [5.74, 6) is 0.178. The van der Waals surface area contributed by atoms with Crippen molar-refractivity contribution in [3.05, 3.63) is 64.9 Å². The van der Waals surface area contributed by atoms with Crippen LogP contribution < -0.4 is 0 Å². The van der Waals surface area contributed by atoms with Gasteiger partial charge in [0.25, 0.3) is 0 Å². The van der Waals surface area contributed by atoms with Gasteiger partial charge in [0.1, 0.15) is 5.65 Å². The summed E-state index contributed by atoms with van der Waals surface area (Å²) in [6, 6.07) is 16.3. The Labute approximate surface area is 157 Å². The van der Waals surface area contributed by atoms with Gasteiger partial charge in [0.15, 0.2) is 0 Å². The van der Waals surface area contributed by atoms with Gasteiger partial charge >= 0.3 is 0 Å². The molecule has 0 aliphatic heterocycles. The van der Waals surface area contributed by atoms with E-state index in [0.29, 0.717) is 17.6 Å². The molecule has 0 amide bonds. The van der Waals surface area contributed by atoms with E-state index in [1.165, 1.54) is 0 Å². The first-order valence-electron chi connectivity index (χ1n) is 8.79.